The SMILES string of the molecule is CN1CCN(C(=O)c2ccc(N3CCN(C)CC3)cn2)CC1. The van der Waals surface area contributed by atoms with E-state index in [-0.39, 0.29) is 5.91 Å². The van der Waals surface area contributed by atoms with E-state index in [4.69, 9.17) is 0 Å². The number of nitrogens with zero attached hydrogens (tertiary/aromatic N) is 5. The van der Waals surface area contributed by atoms with Crippen LogP contribution in [0.3, 0.4) is 0 Å². The number of aromatic nitrogens is 1. The molecule has 0 saturated carbocycles. The van der Waals surface area contributed by atoms with Gasteiger partial charge >= 0.3 is 0 Å². The standard InChI is InChI=1S/C16H25N5O/c1-18-5-9-20(10-6-18)14-3-4-15(17-13-14)16(22)21-11-7-19(2)8-12-21/h3-4,13H,5-12H2,1-2H3. The highest BCUT2D eigenvalue weighted by atomic mass is 16.2. The number of amides is 1. The number of hydrogen-bond acceptors (Lipinski definition) is 5. The molecule has 0 N–H and O–H groups in total. The molecule has 0 spiro atoms. The first-order valence-electron chi connectivity index (χ1n) is 8.01. The van der Waals surface area contributed by atoms with Crippen molar-refractivity contribution in [1.82, 2.24) is 19.7 Å². The molecule has 2 fully saturated rings. The fraction of sp³-hybridized carbons (Fsp3) is 0.625. The maximum atomic E-state index is 12.5. The minimum absolute atomic E-state index is 0.0537. The van der Waals surface area contributed by atoms with E-state index >= 15 is 0 Å². The van der Waals surface area contributed by atoms with Crippen molar-refractivity contribution >= 4 is 11.6 Å². The largest absolute Gasteiger partial charge is 0.368 e. The quantitative estimate of drug-likeness (QED) is 0.782. The summed E-state index contributed by atoms with van der Waals surface area (Å²) in [6.45, 7) is 7.63. The second kappa shape index (κ2) is 6.62. The topological polar surface area (TPSA) is 42.9 Å². The Balaban J connectivity index is 1.62. The van der Waals surface area contributed by atoms with Crippen LogP contribution in [0.25, 0.3) is 0 Å². The highest BCUT2D eigenvalue weighted by molar-refractivity contribution is 5.92. The number of pyridine rings is 1. The molecule has 2 aliphatic heterocycles. The van der Waals surface area contributed by atoms with Crippen LogP contribution in [0.2, 0.25) is 0 Å². The summed E-state index contributed by atoms with van der Waals surface area (Å²) in [4.78, 5) is 25.7. The number of rotatable bonds is 2. The summed E-state index contributed by atoms with van der Waals surface area (Å²) in [6, 6.07) is 3.90. The monoisotopic (exact) mass is 303 g/mol. The number of piperazine rings is 2. The molecule has 1 amide bonds. The van der Waals surface area contributed by atoms with Crippen molar-refractivity contribution in [3.63, 3.8) is 0 Å². The number of anilines is 1. The van der Waals surface area contributed by atoms with Crippen molar-refractivity contribution in [2.75, 3.05) is 71.4 Å². The first-order valence-corrected chi connectivity index (χ1v) is 8.01. The van der Waals surface area contributed by atoms with Crippen molar-refractivity contribution in [2.45, 2.75) is 0 Å². The van der Waals surface area contributed by atoms with E-state index in [1.54, 1.807) is 0 Å². The van der Waals surface area contributed by atoms with E-state index in [2.05, 4.69) is 33.8 Å². The number of carbonyl (C=O) groups excluding carboxylic acids is 1. The van der Waals surface area contributed by atoms with Crippen LogP contribution in [0.5, 0.6) is 0 Å². The van der Waals surface area contributed by atoms with Gasteiger partial charge in [0.05, 0.1) is 11.9 Å². The average molecular weight is 303 g/mol. The lowest BCUT2D eigenvalue weighted by atomic mass is 10.2. The van der Waals surface area contributed by atoms with Crippen LogP contribution in [0.15, 0.2) is 18.3 Å². The molecule has 3 heterocycles. The predicted octanol–water partition coefficient (Wildman–Crippen LogP) is 0.221. The zero-order valence-electron chi connectivity index (χ0n) is 13.5. The average Bonchev–Trinajstić information content (AvgIpc) is 2.56. The molecule has 0 aliphatic carbocycles. The molecular weight excluding hydrogens is 278 g/mol. The second-order valence-corrected chi connectivity index (χ2v) is 6.29. The molecule has 0 aromatic carbocycles. The number of likely N-dealkylation sites (N-methyl/N-ethyl adjacent to an activating group) is 2. The van der Waals surface area contributed by atoms with Gasteiger partial charge in [-0.25, -0.2) is 4.98 Å². The minimum Gasteiger partial charge on any atom is -0.368 e. The first-order chi connectivity index (χ1) is 10.6. The van der Waals surface area contributed by atoms with Gasteiger partial charge in [-0.05, 0) is 26.2 Å². The van der Waals surface area contributed by atoms with Crippen LogP contribution in [-0.2, 0) is 0 Å². The van der Waals surface area contributed by atoms with Gasteiger partial charge in [0.15, 0.2) is 0 Å². The zero-order chi connectivity index (χ0) is 15.5. The van der Waals surface area contributed by atoms with Gasteiger partial charge in [0.25, 0.3) is 5.91 Å². The van der Waals surface area contributed by atoms with Gasteiger partial charge in [-0.3, -0.25) is 4.79 Å². The molecule has 0 atom stereocenters. The van der Waals surface area contributed by atoms with E-state index < -0.39 is 0 Å². The van der Waals surface area contributed by atoms with E-state index in [1.807, 2.05) is 23.2 Å². The van der Waals surface area contributed by atoms with Gasteiger partial charge in [0.1, 0.15) is 5.69 Å². The molecular formula is C16H25N5O. The molecule has 120 valence electrons. The summed E-state index contributed by atoms with van der Waals surface area (Å²) in [5.41, 5.74) is 1.67. The molecule has 6 heteroatoms. The summed E-state index contributed by atoms with van der Waals surface area (Å²) in [7, 11) is 4.23. The zero-order valence-corrected chi connectivity index (χ0v) is 13.5. The first kappa shape index (κ1) is 15.2. The molecule has 6 nitrogen and oxygen atoms in total. The minimum atomic E-state index is 0.0537. The van der Waals surface area contributed by atoms with Crippen LogP contribution >= 0.6 is 0 Å². The van der Waals surface area contributed by atoms with Crippen molar-refractivity contribution in [1.29, 1.82) is 0 Å². The molecule has 1 aromatic heterocycles. The third kappa shape index (κ3) is 3.39. The second-order valence-electron chi connectivity index (χ2n) is 6.29. The Hall–Kier alpha value is -1.66. The lowest BCUT2D eigenvalue weighted by molar-refractivity contribution is 0.0658. The fourth-order valence-corrected chi connectivity index (χ4v) is 2.94. The molecule has 0 radical (unpaired) electrons. The molecule has 0 bridgehead atoms. The molecule has 2 aliphatic rings. The molecule has 3 rings (SSSR count). The Kier molecular flexibility index (Phi) is 4.59. The third-order valence-electron chi connectivity index (χ3n) is 4.63. The highest BCUT2D eigenvalue weighted by Gasteiger charge is 2.21. The fourth-order valence-electron chi connectivity index (χ4n) is 2.94. The van der Waals surface area contributed by atoms with Crippen LogP contribution in [0.1, 0.15) is 10.5 Å². The van der Waals surface area contributed by atoms with Gasteiger partial charge in [-0.15, -0.1) is 0 Å². The van der Waals surface area contributed by atoms with Gasteiger partial charge < -0.3 is 19.6 Å². The van der Waals surface area contributed by atoms with E-state index in [0.29, 0.717) is 5.69 Å². The Morgan fingerprint density at radius 3 is 2.05 bits per heavy atom. The summed E-state index contributed by atoms with van der Waals surface area (Å²) < 4.78 is 0. The molecule has 2 saturated heterocycles. The predicted molar refractivity (Wildman–Crippen MR) is 87.3 cm³/mol. The summed E-state index contributed by atoms with van der Waals surface area (Å²) in [6.07, 6.45) is 1.84. The lowest BCUT2D eigenvalue weighted by Gasteiger charge is -2.34. The van der Waals surface area contributed by atoms with Gasteiger partial charge in [-0.2, -0.15) is 0 Å². The van der Waals surface area contributed by atoms with Crippen LogP contribution in [-0.4, -0.2) is 92.0 Å². The third-order valence-corrected chi connectivity index (χ3v) is 4.63. The van der Waals surface area contributed by atoms with E-state index in [1.165, 1.54) is 0 Å². The number of hydrogen-bond donors (Lipinski definition) is 0. The Labute approximate surface area is 132 Å². The van der Waals surface area contributed by atoms with Crippen LogP contribution in [0.4, 0.5) is 5.69 Å². The normalized spacial score (nSPS) is 21.2. The molecule has 22 heavy (non-hydrogen) atoms. The Morgan fingerprint density at radius 2 is 1.50 bits per heavy atom. The maximum Gasteiger partial charge on any atom is 0.272 e. The Bertz CT molecular complexity index is 502. The van der Waals surface area contributed by atoms with Gasteiger partial charge in [0, 0.05) is 52.4 Å². The summed E-state index contributed by atoms with van der Waals surface area (Å²) in [5, 5.41) is 0. The van der Waals surface area contributed by atoms with Crippen molar-refractivity contribution in [3.05, 3.63) is 24.0 Å². The van der Waals surface area contributed by atoms with Gasteiger partial charge in [0.2, 0.25) is 0 Å². The smallest absolute Gasteiger partial charge is 0.272 e. The van der Waals surface area contributed by atoms with Crippen molar-refractivity contribution in [2.24, 2.45) is 0 Å². The lowest BCUT2D eigenvalue weighted by Crippen LogP contribution is -2.47. The van der Waals surface area contributed by atoms with Crippen LogP contribution in [0, 0.1) is 0 Å². The van der Waals surface area contributed by atoms with E-state index in [0.717, 1.165) is 58.0 Å². The van der Waals surface area contributed by atoms with Crippen LogP contribution < -0.4 is 4.90 Å². The van der Waals surface area contributed by atoms with Gasteiger partial charge in [-0.1, -0.05) is 0 Å². The highest BCUT2D eigenvalue weighted by Crippen LogP contribution is 2.16. The number of carbonyl (C=O) groups is 1. The van der Waals surface area contributed by atoms with Crippen molar-refractivity contribution in [3.8, 4) is 0 Å². The summed E-state index contributed by atoms with van der Waals surface area (Å²) >= 11 is 0. The maximum absolute atomic E-state index is 12.5. The molecule has 0 unspecified atom stereocenters. The summed E-state index contributed by atoms with van der Waals surface area (Å²) in [5.74, 6) is 0.0537. The molecule has 1 aromatic rings. The van der Waals surface area contributed by atoms with E-state index in [9.17, 15) is 4.79 Å². The van der Waals surface area contributed by atoms with Crippen molar-refractivity contribution < 1.29 is 4.79 Å². The Morgan fingerprint density at radius 1 is 0.909 bits per heavy atom.